The molecule has 1 aliphatic heterocycles. The van der Waals surface area contributed by atoms with Crippen LogP contribution >= 0.6 is 23.4 Å². The van der Waals surface area contributed by atoms with E-state index in [4.69, 9.17) is 16.3 Å². The van der Waals surface area contributed by atoms with E-state index in [9.17, 15) is 14.4 Å². The maximum atomic E-state index is 12.3. The number of rotatable bonds is 3. The first-order valence-corrected chi connectivity index (χ1v) is 8.08. The molecule has 1 heterocycles. The molecule has 0 spiro atoms. The van der Waals surface area contributed by atoms with Gasteiger partial charge in [-0.25, -0.2) is 0 Å². The van der Waals surface area contributed by atoms with E-state index < -0.39 is 29.3 Å². The molecule has 0 radical (unpaired) electrons. The minimum absolute atomic E-state index is 0.251. The molecule has 1 fully saturated rings. The van der Waals surface area contributed by atoms with Crippen LogP contribution in [-0.4, -0.2) is 34.2 Å². The SMILES string of the molecule is CC(C)(C)OC(=O)CN1C(=O)S/C(=C\c2cccc(Cl)c2)C1=O. The lowest BCUT2D eigenvalue weighted by Gasteiger charge is -2.21. The van der Waals surface area contributed by atoms with Crippen LogP contribution in [0.15, 0.2) is 29.2 Å². The van der Waals surface area contributed by atoms with E-state index in [0.29, 0.717) is 10.6 Å². The zero-order valence-electron chi connectivity index (χ0n) is 13.0. The number of carbonyl (C=O) groups excluding carboxylic acids is 3. The summed E-state index contributed by atoms with van der Waals surface area (Å²) in [5.74, 6) is -1.13. The summed E-state index contributed by atoms with van der Waals surface area (Å²) in [6.45, 7) is 4.77. The van der Waals surface area contributed by atoms with Crippen LogP contribution < -0.4 is 0 Å². The number of nitrogens with zero attached hydrogens (tertiary/aromatic N) is 1. The van der Waals surface area contributed by atoms with Gasteiger partial charge in [0.2, 0.25) is 0 Å². The van der Waals surface area contributed by atoms with Crippen molar-refractivity contribution < 1.29 is 19.1 Å². The molecule has 23 heavy (non-hydrogen) atoms. The van der Waals surface area contributed by atoms with Crippen molar-refractivity contribution in [2.24, 2.45) is 0 Å². The van der Waals surface area contributed by atoms with Crippen molar-refractivity contribution in [1.29, 1.82) is 0 Å². The minimum atomic E-state index is -0.671. The van der Waals surface area contributed by atoms with Gasteiger partial charge in [-0.15, -0.1) is 0 Å². The second-order valence-electron chi connectivity index (χ2n) is 5.91. The highest BCUT2D eigenvalue weighted by molar-refractivity contribution is 8.18. The van der Waals surface area contributed by atoms with E-state index in [2.05, 4.69) is 0 Å². The van der Waals surface area contributed by atoms with Gasteiger partial charge in [0, 0.05) is 5.02 Å². The Hall–Kier alpha value is -1.79. The first kappa shape index (κ1) is 17.6. The number of hydrogen-bond donors (Lipinski definition) is 0. The van der Waals surface area contributed by atoms with Crippen LogP contribution in [0.3, 0.4) is 0 Å². The van der Waals surface area contributed by atoms with Crippen LogP contribution in [0.4, 0.5) is 4.79 Å². The standard InChI is InChI=1S/C16H16ClNO4S/c1-16(2,3)22-13(19)9-18-14(20)12(23-15(18)21)8-10-5-4-6-11(17)7-10/h4-8H,9H2,1-3H3/b12-8-. The average molecular weight is 354 g/mol. The summed E-state index contributed by atoms with van der Waals surface area (Å²) in [6.07, 6.45) is 1.58. The largest absolute Gasteiger partial charge is 0.459 e. The van der Waals surface area contributed by atoms with Crippen molar-refractivity contribution in [1.82, 2.24) is 4.90 Å². The number of halogens is 1. The van der Waals surface area contributed by atoms with Crippen LogP contribution in [0.25, 0.3) is 6.08 Å². The number of benzene rings is 1. The predicted molar refractivity (Wildman–Crippen MR) is 90.0 cm³/mol. The summed E-state index contributed by atoms with van der Waals surface area (Å²) in [6, 6.07) is 6.92. The van der Waals surface area contributed by atoms with Crippen molar-refractivity contribution in [3.8, 4) is 0 Å². The molecule has 2 amide bonds. The van der Waals surface area contributed by atoms with Gasteiger partial charge in [-0.05, 0) is 56.3 Å². The van der Waals surface area contributed by atoms with E-state index in [0.717, 1.165) is 16.7 Å². The number of thioether (sulfide) groups is 1. The summed E-state index contributed by atoms with van der Waals surface area (Å²) in [5.41, 5.74) is 0.0375. The van der Waals surface area contributed by atoms with Crippen LogP contribution in [0.1, 0.15) is 26.3 Å². The normalized spacial score (nSPS) is 17.0. The third kappa shape index (κ3) is 4.84. The van der Waals surface area contributed by atoms with E-state index in [1.807, 2.05) is 0 Å². The van der Waals surface area contributed by atoms with E-state index in [1.165, 1.54) is 0 Å². The van der Waals surface area contributed by atoms with Crippen molar-refractivity contribution in [2.45, 2.75) is 26.4 Å². The summed E-state index contributed by atoms with van der Waals surface area (Å²) >= 11 is 6.68. The van der Waals surface area contributed by atoms with Gasteiger partial charge in [-0.2, -0.15) is 0 Å². The van der Waals surface area contributed by atoms with Crippen LogP contribution in [0.2, 0.25) is 5.02 Å². The van der Waals surface area contributed by atoms with Crippen molar-refractivity contribution in [3.05, 3.63) is 39.8 Å². The van der Waals surface area contributed by atoms with E-state index in [-0.39, 0.29) is 4.91 Å². The van der Waals surface area contributed by atoms with Gasteiger partial charge in [0.05, 0.1) is 4.91 Å². The second kappa shape index (κ2) is 6.76. The third-order valence-corrected chi connectivity index (χ3v) is 3.87. The fourth-order valence-electron chi connectivity index (χ4n) is 1.89. The average Bonchev–Trinajstić information content (AvgIpc) is 2.64. The van der Waals surface area contributed by atoms with E-state index >= 15 is 0 Å². The first-order valence-electron chi connectivity index (χ1n) is 6.88. The highest BCUT2D eigenvalue weighted by Crippen LogP contribution is 2.32. The molecule has 5 nitrogen and oxygen atoms in total. The maximum Gasteiger partial charge on any atom is 0.326 e. The Labute approximate surface area is 143 Å². The van der Waals surface area contributed by atoms with Crippen LogP contribution in [0.5, 0.6) is 0 Å². The Morgan fingerprint density at radius 2 is 2.04 bits per heavy atom. The Kier molecular flexibility index (Phi) is 5.16. The quantitative estimate of drug-likeness (QED) is 0.612. The minimum Gasteiger partial charge on any atom is -0.459 e. The Morgan fingerprint density at radius 3 is 2.65 bits per heavy atom. The lowest BCUT2D eigenvalue weighted by atomic mass is 10.2. The fourth-order valence-corrected chi connectivity index (χ4v) is 2.92. The summed E-state index contributed by atoms with van der Waals surface area (Å²) in [4.78, 5) is 37.2. The first-order chi connectivity index (χ1) is 10.7. The molecule has 0 aliphatic carbocycles. The van der Waals surface area contributed by atoms with Gasteiger partial charge in [0.15, 0.2) is 0 Å². The highest BCUT2D eigenvalue weighted by atomic mass is 35.5. The molecule has 1 saturated heterocycles. The zero-order valence-corrected chi connectivity index (χ0v) is 14.5. The van der Waals surface area contributed by atoms with Crippen LogP contribution in [-0.2, 0) is 14.3 Å². The van der Waals surface area contributed by atoms with Gasteiger partial charge < -0.3 is 4.74 Å². The smallest absolute Gasteiger partial charge is 0.326 e. The zero-order chi connectivity index (χ0) is 17.2. The Morgan fingerprint density at radius 1 is 1.35 bits per heavy atom. The fraction of sp³-hybridized carbons (Fsp3) is 0.312. The second-order valence-corrected chi connectivity index (χ2v) is 7.34. The number of amides is 2. The molecule has 1 aromatic carbocycles. The number of hydrogen-bond acceptors (Lipinski definition) is 5. The molecule has 0 unspecified atom stereocenters. The molecule has 7 heteroatoms. The number of ether oxygens (including phenoxy) is 1. The predicted octanol–water partition coefficient (Wildman–Crippen LogP) is 3.72. The van der Waals surface area contributed by atoms with Gasteiger partial charge in [0.25, 0.3) is 11.1 Å². The maximum absolute atomic E-state index is 12.3. The van der Waals surface area contributed by atoms with Gasteiger partial charge in [0.1, 0.15) is 12.1 Å². The molecule has 1 aromatic rings. The van der Waals surface area contributed by atoms with Gasteiger partial charge in [-0.1, -0.05) is 23.7 Å². The molecular formula is C16H16ClNO4S. The number of imide groups is 1. The molecular weight excluding hydrogens is 338 g/mol. The third-order valence-electron chi connectivity index (χ3n) is 2.73. The molecule has 0 bridgehead atoms. The number of esters is 1. The topological polar surface area (TPSA) is 63.7 Å². The lowest BCUT2D eigenvalue weighted by molar-refractivity contribution is -0.156. The monoisotopic (exact) mass is 353 g/mol. The van der Waals surface area contributed by atoms with Gasteiger partial charge >= 0.3 is 5.97 Å². The van der Waals surface area contributed by atoms with Crippen molar-refractivity contribution in [3.63, 3.8) is 0 Å². The molecule has 0 N–H and O–H groups in total. The van der Waals surface area contributed by atoms with E-state index in [1.54, 1.807) is 51.1 Å². The molecule has 0 saturated carbocycles. The van der Waals surface area contributed by atoms with Crippen molar-refractivity contribution >= 4 is 46.6 Å². The molecule has 0 atom stereocenters. The molecule has 0 aromatic heterocycles. The highest BCUT2D eigenvalue weighted by Gasteiger charge is 2.37. The summed E-state index contributed by atoms with van der Waals surface area (Å²) < 4.78 is 5.13. The van der Waals surface area contributed by atoms with Crippen molar-refractivity contribution in [2.75, 3.05) is 6.54 Å². The molecule has 122 valence electrons. The summed E-state index contributed by atoms with van der Waals surface area (Å²) in [7, 11) is 0. The molecule has 2 rings (SSSR count). The van der Waals surface area contributed by atoms with Crippen LogP contribution in [0, 0.1) is 0 Å². The Balaban J connectivity index is 2.12. The van der Waals surface area contributed by atoms with Gasteiger partial charge in [-0.3, -0.25) is 19.3 Å². The Bertz CT molecular complexity index is 694. The lowest BCUT2D eigenvalue weighted by Crippen LogP contribution is -2.37. The summed E-state index contributed by atoms with van der Waals surface area (Å²) in [5, 5.41) is 0.0425. The number of carbonyl (C=O) groups is 3. The molecule has 1 aliphatic rings.